The van der Waals surface area contributed by atoms with Gasteiger partial charge in [-0.15, -0.1) is 5.10 Å². The molecule has 0 saturated heterocycles. The van der Waals surface area contributed by atoms with Gasteiger partial charge in [0.15, 0.2) is 0 Å². The standard InChI is InChI=1S/C13H18N4/c1-17-11-13(15-16-17)10-14-9-5-8-12-6-3-2-4-7-12/h2-4,6-7,11,14H,5,8-10H2,1H3. The molecule has 0 bridgehead atoms. The van der Waals surface area contributed by atoms with E-state index in [0.29, 0.717) is 0 Å². The molecule has 2 aromatic rings. The van der Waals surface area contributed by atoms with Crippen molar-refractivity contribution >= 4 is 0 Å². The first-order valence-corrected chi connectivity index (χ1v) is 5.94. The van der Waals surface area contributed by atoms with Crippen molar-refractivity contribution in [1.82, 2.24) is 20.3 Å². The molecule has 2 rings (SSSR count). The van der Waals surface area contributed by atoms with Gasteiger partial charge >= 0.3 is 0 Å². The maximum atomic E-state index is 4.02. The summed E-state index contributed by atoms with van der Waals surface area (Å²) in [6.07, 6.45) is 4.20. The van der Waals surface area contributed by atoms with Crippen LogP contribution >= 0.6 is 0 Å². The van der Waals surface area contributed by atoms with Crippen LogP contribution in [0.25, 0.3) is 0 Å². The van der Waals surface area contributed by atoms with Crippen LogP contribution in [0.15, 0.2) is 36.5 Å². The molecule has 4 nitrogen and oxygen atoms in total. The summed E-state index contributed by atoms with van der Waals surface area (Å²) in [5.41, 5.74) is 2.39. The molecule has 0 fully saturated rings. The Kier molecular flexibility index (Phi) is 4.27. The van der Waals surface area contributed by atoms with Gasteiger partial charge in [0.1, 0.15) is 0 Å². The van der Waals surface area contributed by atoms with E-state index < -0.39 is 0 Å². The minimum Gasteiger partial charge on any atom is -0.311 e. The predicted octanol–water partition coefficient (Wildman–Crippen LogP) is 1.54. The van der Waals surface area contributed by atoms with Crippen LogP contribution in [0.1, 0.15) is 17.7 Å². The molecule has 0 saturated carbocycles. The number of aryl methyl sites for hydroxylation is 2. The van der Waals surface area contributed by atoms with Gasteiger partial charge in [0.2, 0.25) is 0 Å². The lowest BCUT2D eigenvalue weighted by atomic mass is 10.1. The van der Waals surface area contributed by atoms with E-state index in [0.717, 1.165) is 31.6 Å². The van der Waals surface area contributed by atoms with E-state index in [4.69, 9.17) is 0 Å². The second-order valence-corrected chi connectivity index (χ2v) is 4.15. The summed E-state index contributed by atoms with van der Waals surface area (Å²) in [5.74, 6) is 0. The molecule has 0 aliphatic carbocycles. The van der Waals surface area contributed by atoms with Crippen LogP contribution in [0, 0.1) is 0 Å². The zero-order valence-corrected chi connectivity index (χ0v) is 10.1. The van der Waals surface area contributed by atoms with Crippen LogP contribution in [0.2, 0.25) is 0 Å². The Morgan fingerprint density at radius 2 is 2.06 bits per heavy atom. The first-order valence-electron chi connectivity index (χ1n) is 5.94. The van der Waals surface area contributed by atoms with Crippen molar-refractivity contribution in [1.29, 1.82) is 0 Å². The van der Waals surface area contributed by atoms with Gasteiger partial charge in [-0.05, 0) is 24.9 Å². The van der Waals surface area contributed by atoms with Crippen molar-refractivity contribution in [2.75, 3.05) is 6.54 Å². The average molecular weight is 230 g/mol. The van der Waals surface area contributed by atoms with E-state index >= 15 is 0 Å². The molecule has 4 heteroatoms. The second kappa shape index (κ2) is 6.15. The molecule has 0 unspecified atom stereocenters. The number of rotatable bonds is 6. The number of nitrogens with zero attached hydrogens (tertiary/aromatic N) is 3. The first-order chi connectivity index (χ1) is 8.34. The lowest BCUT2D eigenvalue weighted by Gasteiger charge is -2.02. The molecule has 0 radical (unpaired) electrons. The Hall–Kier alpha value is -1.68. The van der Waals surface area contributed by atoms with Crippen molar-refractivity contribution in [3.63, 3.8) is 0 Å². The van der Waals surface area contributed by atoms with E-state index in [-0.39, 0.29) is 0 Å². The van der Waals surface area contributed by atoms with Crippen LogP contribution in [-0.4, -0.2) is 21.5 Å². The predicted molar refractivity (Wildman–Crippen MR) is 67.5 cm³/mol. The maximum absolute atomic E-state index is 4.02. The SMILES string of the molecule is Cn1cc(CNCCCc2ccccc2)nn1. The minimum atomic E-state index is 0.794. The summed E-state index contributed by atoms with van der Waals surface area (Å²) >= 11 is 0. The van der Waals surface area contributed by atoms with Gasteiger partial charge in [-0.2, -0.15) is 0 Å². The molecule has 17 heavy (non-hydrogen) atoms. The lowest BCUT2D eigenvalue weighted by Crippen LogP contribution is -2.15. The van der Waals surface area contributed by atoms with Gasteiger partial charge in [0, 0.05) is 19.8 Å². The average Bonchev–Trinajstić information content (AvgIpc) is 2.76. The zero-order chi connectivity index (χ0) is 11.9. The Bertz CT molecular complexity index is 436. The van der Waals surface area contributed by atoms with Crippen LogP contribution in [0.5, 0.6) is 0 Å². The highest BCUT2D eigenvalue weighted by Crippen LogP contribution is 2.01. The summed E-state index contributed by atoms with van der Waals surface area (Å²) in [7, 11) is 1.88. The Balaban J connectivity index is 1.61. The fourth-order valence-electron chi connectivity index (χ4n) is 1.75. The van der Waals surface area contributed by atoms with E-state index in [1.54, 1.807) is 4.68 Å². The Labute approximate surface area is 102 Å². The third-order valence-electron chi connectivity index (χ3n) is 2.62. The third kappa shape index (κ3) is 4.00. The van der Waals surface area contributed by atoms with Gasteiger partial charge in [-0.1, -0.05) is 35.5 Å². The number of benzene rings is 1. The highest BCUT2D eigenvalue weighted by atomic mass is 15.4. The molecule has 0 aliphatic heterocycles. The number of aromatic nitrogens is 3. The highest BCUT2D eigenvalue weighted by molar-refractivity contribution is 5.14. The van der Waals surface area contributed by atoms with Crippen molar-refractivity contribution in [2.45, 2.75) is 19.4 Å². The number of nitrogens with one attached hydrogen (secondary N) is 1. The fraction of sp³-hybridized carbons (Fsp3) is 0.385. The molecule has 1 heterocycles. The smallest absolute Gasteiger partial charge is 0.0964 e. The normalized spacial score (nSPS) is 10.6. The molecular formula is C13H18N4. The molecule has 1 aromatic heterocycles. The van der Waals surface area contributed by atoms with Gasteiger partial charge < -0.3 is 5.32 Å². The zero-order valence-electron chi connectivity index (χ0n) is 10.1. The van der Waals surface area contributed by atoms with Crippen LogP contribution in [-0.2, 0) is 20.0 Å². The molecule has 0 spiro atoms. The van der Waals surface area contributed by atoms with Crippen LogP contribution in [0.4, 0.5) is 0 Å². The Morgan fingerprint density at radius 1 is 1.24 bits per heavy atom. The van der Waals surface area contributed by atoms with E-state index in [2.05, 4.69) is 46.0 Å². The molecule has 0 amide bonds. The highest BCUT2D eigenvalue weighted by Gasteiger charge is 1.97. The number of hydrogen-bond acceptors (Lipinski definition) is 3. The molecule has 1 N–H and O–H groups in total. The molecular weight excluding hydrogens is 212 g/mol. The van der Waals surface area contributed by atoms with E-state index in [9.17, 15) is 0 Å². The van der Waals surface area contributed by atoms with Gasteiger partial charge in [-0.25, -0.2) is 0 Å². The third-order valence-corrected chi connectivity index (χ3v) is 2.62. The van der Waals surface area contributed by atoms with E-state index in [1.165, 1.54) is 5.56 Å². The first kappa shape index (κ1) is 11.8. The van der Waals surface area contributed by atoms with Crippen molar-refractivity contribution < 1.29 is 0 Å². The summed E-state index contributed by atoms with van der Waals surface area (Å²) < 4.78 is 1.72. The monoisotopic (exact) mass is 230 g/mol. The van der Waals surface area contributed by atoms with Gasteiger partial charge in [0.25, 0.3) is 0 Å². The fourth-order valence-corrected chi connectivity index (χ4v) is 1.75. The second-order valence-electron chi connectivity index (χ2n) is 4.15. The van der Waals surface area contributed by atoms with Crippen LogP contribution in [0.3, 0.4) is 0 Å². The lowest BCUT2D eigenvalue weighted by molar-refractivity contribution is 0.638. The summed E-state index contributed by atoms with van der Waals surface area (Å²) in [5, 5.41) is 11.3. The van der Waals surface area contributed by atoms with Crippen LogP contribution < -0.4 is 5.32 Å². The molecule has 1 aromatic carbocycles. The minimum absolute atomic E-state index is 0.794. The molecule has 0 aliphatic rings. The summed E-state index contributed by atoms with van der Waals surface area (Å²) in [6, 6.07) is 10.6. The quantitative estimate of drug-likeness (QED) is 0.765. The van der Waals surface area contributed by atoms with Crippen molar-refractivity contribution in [2.24, 2.45) is 7.05 Å². The number of hydrogen-bond donors (Lipinski definition) is 1. The van der Waals surface area contributed by atoms with Crippen molar-refractivity contribution in [3.8, 4) is 0 Å². The summed E-state index contributed by atoms with van der Waals surface area (Å²) in [6.45, 7) is 1.80. The van der Waals surface area contributed by atoms with E-state index in [1.807, 2.05) is 13.2 Å². The van der Waals surface area contributed by atoms with Gasteiger partial charge in [0.05, 0.1) is 5.69 Å². The topological polar surface area (TPSA) is 42.7 Å². The Morgan fingerprint density at radius 3 is 2.76 bits per heavy atom. The van der Waals surface area contributed by atoms with Gasteiger partial charge in [-0.3, -0.25) is 4.68 Å². The molecule has 90 valence electrons. The largest absolute Gasteiger partial charge is 0.311 e. The summed E-state index contributed by atoms with van der Waals surface area (Å²) in [4.78, 5) is 0. The molecule has 0 atom stereocenters. The van der Waals surface area contributed by atoms with Crippen molar-refractivity contribution in [3.05, 3.63) is 47.8 Å². The maximum Gasteiger partial charge on any atom is 0.0964 e.